The number of carbonyl (C=O) groups excluding carboxylic acids is 2. The molecular formula is C26H29N3O3S. The van der Waals surface area contributed by atoms with E-state index in [1.807, 2.05) is 56.0 Å². The zero-order valence-corrected chi connectivity index (χ0v) is 20.0. The van der Waals surface area contributed by atoms with Gasteiger partial charge in [-0.25, -0.2) is 4.98 Å². The van der Waals surface area contributed by atoms with Gasteiger partial charge in [0.2, 0.25) is 5.91 Å². The normalized spacial score (nSPS) is 15.3. The summed E-state index contributed by atoms with van der Waals surface area (Å²) in [5.41, 5.74) is 3.84. The maximum absolute atomic E-state index is 13.0. The van der Waals surface area contributed by atoms with Gasteiger partial charge < -0.3 is 15.0 Å². The number of carbonyl (C=O) groups is 2. The first kappa shape index (κ1) is 23.0. The van der Waals surface area contributed by atoms with Crippen LogP contribution < -0.4 is 10.1 Å². The van der Waals surface area contributed by atoms with Gasteiger partial charge in [0.05, 0.1) is 6.04 Å². The van der Waals surface area contributed by atoms with Crippen LogP contribution in [0.4, 0.5) is 0 Å². The SMILES string of the molecule is CCNC(=O)c1csc(COc2ccc3c(c2)C(c2ccccc2)N(C(=O)C(C)C)CC3)n1. The number of nitrogens with zero attached hydrogens (tertiary/aromatic N) is 2. The van der Waals surface area contributed by atoms with E-state index in [4.69, 9.17) is 4.74 Å². The highest BCUT2D eigenvalue weighted by Crippen LogP contribution is 2.38. The highest BCUT2D eigenvalue weighted by atomic mass is 32.1. The molecule has 3 aromatic rings. The number of rotatable bonds is 7. The van der Waals surface area contributed by atoms with Crippen LogP contribution in [-0.4, -0.2) is 34.8 Å². The van der Waals surface area contributed by atoms with E-state index >= 15 is 0 Å². The molecule has 33 heavy (non-hydrogen) atoms. The Balaban J connectivity index is 1.59. The van der Waals surface area contributed by atoms with E-state index in [1.165, 1.54) is 16.9 Å². The van der Waals surface area contributed by atoms with E-state index in [0.29, 0.717) is 18.8 Å². The van der Waals surface area contributed by atoms with Crippen molar-refractivity contribution in [2.75, 3.05) is 13.1 Å². The van der Waals surface area contributed by atoms with E-state index in [9.17, 15) is 9.59 Å². The molecule has 0 radical (unpaired) electrons. The van der Waals surface area contributed by atoms with Crippen molar-refractivity contribution < 1.29 is 14.3 Å². The smallest absolute Gasteiger partial charge is 0.270 e. The lowest BCUT2D eigenvalue weighted by Gasteiger charge is -2.39. The van der Waals surface area contributed by atoms with Crippen molar-refractivity contribution in [1.82, 2.24) is 15.2 Å². The van der Waals surface area contributed by atoms with Gasteiger partial charge in [0, 0.05) is 24.4 Å². The summed E-state index contributed by atoms with van der Waals surface area (Å²) in [6.07, 6.45) is 0.819. The second-order valence-corrected chi connectivity index (χ2v) is 9.33. The minimum atomic E-state index is -0.172. The number of fused-ring (bicyclic) bond motifs is 1. The molecule has 0 aliphatic carbocycles. The summed E-state index contributed by atoms with van der Waals surface area (Å²) >= 11 is 1.41. The Morgan fingerprint density at radius 2 is 2.00 bits per heavy atom. The molecule has 1 aromatic heterocycles. The van der Waals surface area contributed by atoms with Crippen molar-refractivity contribution in [1.29, 1.82) is 0 Å². The molecule has 172 valence electrons. The van der Waals surface area contributed by atoms with Gasteiger partial charge in [-0.05, 0) is 42.2 Å². The third-order valence-corrected chi connectivity index (χ3v) is 6.54. The monoisotopic (exact) mass is 463 g/mol. The topological polar surface area (TPSA) is 71.5 Å². The maximum atomic E-state index is 13.0. The lowest BCUT2D eigenvalue weighted by atomic mass is 9.87. The Kier molecular flexibility index (Phi) is 7.08. The van der Waals surface area contributed by atoms with Crippen molar-refractivity contribution >= 4 is 23.2 Å². The summed E-state index contributed by atoms with van der Waals surface area (Å²) in [5.74, 6) is 0.639. The van der Waals surface area contributed by atoms with Crippen LogP contribution in [0.3, 0.4) is 0 Å². The first-order valence-corrected chi connectivity index (χ1v) is 12.2. The summed E-state index contributed by atoms with van der Waals surface area (Å²) in [7, 11) is 0. The van der Waals surface area contributed by atoms with Gasteiger partial charge in [0.15, 0.2) is 0 Å². The van der Waals surface area contributed by atoms with Crippen molar-refractivity contribution in [3.63, 3.8) is 0 Å². The lowest BCUT2D eigenvalue weighted by Crippen LogP contribution is -2.42. The number of hydrogen-bond donors (Lipinski definition) is 1. The van der Waals surface area contributed by atoms with E-state index in [-0.39, 0.29) is 30.4 Å². The molecule has 1 unspecified atom stereocenters. The number of amides is 2. The third-order valence-electron chi connectivity index (χ3n) is 5.72. The van der Waals surface area contributed by atoms with Crippen LogP contribution in [0.25, 0.3) is 0 Å². The van der Waals surface area contributed by atoms with Crippen LogP contribution in [0.1, 0.15) is 59.0 Å². The highest BCUT2D eigenvalue weighted by molar-refractivity contribution is 7.09. The molecule has 0 fully saturated rings. The van der Waals surface area contributed by atoms with Crippen LogP contribution in [0.2, 0.25) is 0 Å². The number of ether oxygens (including phenoxy) is 1. The molecule has 0 spiro atoms. The van der Waals surface area contributed by atoms with Crippen LogP contribution >= 0.6 is 11.3 Å². The van der Waals surface area contributed by atoms with Crippen molar-refractivity contribution in [3.8, 4) is 5.75 Å². The second kappa shape index (κ2) is 10.2. The van der Waals surface area contributed by atoms with Crippen LogP contribution in [0.5, 0.6) is 5.75 Å². The Morgan fingerprint density at radius 1 is 1.21 bits per heavy atom. The number of benzene rings is 2. The molecule has 1 N–H and O–H groups in total. The molecule has 0 bridgehead atoms. The van der Waals surface area contributed by atoms with Crippen molar-refractivity contribution in [2.45, 2.75) is 39.8 Å². The van der Waals surface area contributed by atoms with E-state index in [1.54, 1.807) is 5.38 Å². The fraction of sp³-hybridized carbons (Fsp3) is 0.346. The molecule has 2 heterocycles. The first-order chi connectivity index (χ1) is 16.0. The maximum Gasteiger partial charge on any atom is 0.270 e. The Morgan fingerprint density at radius 3 is 2.73 bits per heavy atom. The molecule has 1 atom stereocenters. The average Bonchev–Trinajstić information content (AvgIpc) is 3.31. The predicted octanol–water partition coefficient (Wildman–Crippen LogP) is 4.60. The highest BCUT2D eigenvalue weighted by Gasteiger charge is 2.33. The summed E-state index contributed by atoms with van der Waals surface area (Å²) < 4.78 is 6.05. The predicted molar refractivity (Wildman–Crippen MR) is 129 cm³/mol. The molecule has 0 saturated heterocycles. The molecule has 4 rings (SSSR count). The van der Waals surface area contributed by atoms with Crippen LogP contribution in [-0.2, 0) is 17.8 Å². The molecule has 6 nitrogen and oxygen atoms in total. The minimum Gasteiger partial charge on any atom is -0.486 e. The van der Waals surface area contributed by atoms with Crippen molar-refractivity contribution in [3.05, 3.63) is 81.3 Å². The van der Waals surface area contributed by atoms with Gasteiger partial charge in [0.1, 0.15) is 23.1 Å². The standard InChI is InChI=1S/C26H29N3O3S/c1-4-27-25(30)22-16-33-23(28-22)15-32-20-11-10-18-12-13-29(26(31)17(2)3)24(21(18)14-20)19-8-6-5-7-9-19/h5-11,14,16-17,24H,4,12-13,15H2,1-3H3,(H,27,30). The van der Waals surface area contributed by atoms with E-state index < -0.39 is 0 Å². The Labute approximate surface area is 198 Å². The minimum absolute atomic E-state index is 0.0683. The zero-order chi connectivity index (χ0) is 23.4. The number of thiazole rings is 1. The number of hydrogen-bond acceptors (Lipinski definition) is 5. The van der Waals surface area contributed by atoms with Gasteiger partial charge in [-0.1, -0.05) is 50.2 Å². The fourth-order valence-corrected chi connectivity index (χ4v) is 4.81. The summed E-state index contributed by atoms with van der Waals surface area (Å²) in [6.45, 7) is 7.32. The average molecular weight is 464 g/mol. The molecule has 1 aliphatic rings. The largest absolute Gasteiger partial charge is 0.486 e. The van der Waals surface area contributed by atoms with Gasteiger partial charge >= 0.3 is 0 Å². The molecule has 0 saturated carbocycles. The zero-order valence-electron chi connectivity index (χ0n) is 19.2. The third kappa shape index (κ3) is 5.09. The fourth-order valence-electron chi connectivity index (χ4n) is 4.12. The van der Waals surface area contributed by atoms with Crippen LogP contribution in [0.15, 0.2) is 53.9 Å². The second-order valence-electron chi connectivity index (χ2n) is 8.38. The van der Waals surface area contributed by atoms with E-state index in [2.05, 4.69) is 28.5 Å². The molecular weight excluding hydrogens is 434 g/mol. The Hall–Kier alpha value is -3.19. The molecule has 7 heteroatoms. The first-order valence-electron chi connectivity index (χ1n) is 11.3. The summed E-state index contributed by atoms with van der Waals surface area (Å²) in [4.78, 5) is 31.4. The lowest BCUT2D eigenvalue weighted by molar-refractivity contribution is -0.136. The van der Waals surface area contributed by atoms with Crippen LogP contribution in [0, 0.1) is 5.92 Å². The molecule has 2 amide bonds. The Bertz CT molecular complexity index is 1130. The quantitative estimate of drug-likeness (QED) is 0.556. The van der Waals surface area contributed by atoms with Gasteiger partial charge in [-0.3, -0.25) is 9.59 Å². The van der Waals surface area contributed by atoms with Gasteiger partial charge in [-0.2, -0.15) is 0 Å². The summed E-state index contributed by atoms with van der Waals surface area (Å²) in [6, 6.07) is 16.1. The van der Waals surface area contributed by atoms with E-state index in [0.717, 1.165) is 28.3 Å². The summed E-state index contributed by atoms with van der Waals surface area (Å²) in [5, 5.41) is 5.25. The molecule has 1 aliphatic heterocycles. The van der Waals surface area contributed by atoms with Gasteiger partial charge in [0.25, 0.3) is 5.91 Å². The van der Waals surface area contributed by atoms with Gasteiger partial charge in [-0.15, -0.1) is 11.3 Å². The van der Waals surface area contributed by atoms with Crippen molar-refractivity contribution in [2.24, 2.45) is 5.92 Å². The number of aromatic nitrogens is 1. The number of nitrogens with one attached hydrogen (secondary N) is 1. The molecule has 2 aromatic carbocycles.